The summed E-state index contributed by atoms with van der Waals surface area (Å²) in [5.41, 5.74) is -2.46. The van der Waals surface area contributed by atoms with Crippen LogP contribution in [0.1, 0.15) is 38.9 Å². The van der Waals surface area contributed by atoms with Crippen molar-refractivity contribution >= 4 is 11.8 Å². The largest absolute Gasteiger partial charge is 0.503 e. The second kappa shape index (κ2) is 7.17. The second-order valence-electron chi connectivity index (χ2n) is 7.04. The fourth-order valence-electron chi connectivity index (χ4n) is 3.75. The van der Waals surface area contributed by atoms with Gasteiger partial charge in [0.15, 0.2) is 17.7 Å². The number of hydrogen-bond acceptors (Lipinski definition) is 5. The van der Waals surface area contributed by atoms with Gasteiger partial charge in [-0.15, -0.1) is 0 Å². The van der Waals surface area contributed by atoms with Gasteiger partial charge in [0.1, 0.15) is 23.0 Å². The molecule has 2 unspecified atom stereocenters. The van der Waals surface area contributed by atoms with Crippen molar-refractivity contribution in [2.45, 2.75) is 25.2 Å². The molecule has 2 aliphatic rings. The molecule has 3 heterocycles. The van der Waals surface area contributed by atoms with Crippen molar-refractivity contribution in [3.8, 4) is 5.75 Å². The molecule has 158 valence electrons. The van der Waals surface area contributed by atoms with Crippen LogP contribution in [0.3, 0.4) is 0 Å². The van der Waals surface area contributed by atoms with Gasteiger partial charge in [-0.2, -0.15) is 0 Å². The van der Waals surface area contributed by atoms with E-state index in [1.54, 1.807) is 0 Å². The Morgan fingerprint density at radius 1 is 1.27 bits per heavy atom. The molecule has 0 aliphatic carbocycles. The summed E-state index contributed by atoms with van der Waals surface area (Å²) in [4.78, 5) is 38.8. The van der Waals surface area contributed by atoms with E-state index in [9.17, 15) is 32.7 Å². The van der Waals surface area contributed by atoms with Crippen molar-refractivity contribution in [3.05, 3.63) is 62.8 Å². The first kappa shape index (κ1) is 20.0. The smallest absolute Gasteiger partial charge is 0.276 e. The highest BCUT2D eigenvalue weighted by atomic mass is 19.1. The van der Waals surface area contributed by atoms with Crippen molar-refractivity contribution in [3.63, 3.8) is 0 Å². The third-order valence-electron chi connectivity index (χ3n) is 5.28. The van der Waals surface area contributed by atoms with Crippen LogP contribution in [-0.2, 0) is 11.3 Å². The zero-order valence-electron chi connectivity index (χ0n) is 15.6. The van der Waals surface area contributed by atoms with E-state index in [0.29, 0.717) is 25.2 Å². The van der Waals surface area contributed by atoms with Crippen LogP contribution in [0.4, 0.5) is 13.2 Å². The summed E-state index contributed by atoms with van der Waals surface area (Å²) in [6.45, 7) is -0.320. The minimum absolute atomic E-state index is 0.263. The van der Waals surface area contributed by atoms with Gasteiger partial charge in [-0.1, -0.05) is 0 Å². The lowest BCUT2D eigenvalue weighted by Crippen LogP contribution is -2.48. The number of pyridine rings is 1. The predicted molar refractivity (Wildman–Crippen MR) is 95.3 cm³/mol. The summed E-state index contributed by atoms with van der Waals surface area (Å²) in [7, 11) is 1.48. The summed E-state index contributed by atoms with van der Waals surface area (Å²) in [6, 6.07) is 0.506. The standard InChI is InChI=1S/C19H16F3N3O5/c1-24-18(29)14-16(27)15(26)10(7-25(14)13-2-3-30-19(13)24)17(28)23-6-9-11(21)4-8(20)5-12(9)22/h4-5,7,13,19,27H,2-3,6H2,1H3,(H,23,28). The SMILES string of the molecule is CN1C(=O)c2c(O)c(=O)c(C(=O)NCc3c(F)cc(F)cc3F)cn2C2CCOC21. The molecule has 1 saturated heterocycles. The number of likely N-dealkylation sites (N-methyl/N-ethyl adjacent to an activating group) is 1. The van der Waals surface area contributed by atoms with Gasteiger partial charge in [0, 0.05) is 37.5 Å². The van der Waals surface area contributed by atoms with Gasteiger partial charge in [0.2, 0.25) is 5.43 Å². The highest BCUT2D eigenvalue weighted by Gasteiger charge is 2.43. The van der Waals surface area contributed by atoms with Crippen molar-refractivity contribution < 1.29 is 32.6 Å². The van der Waals surface area contributed by atoms with Gasteiger partial charge in [-0.3, -0.25) is 14.4 Å². The quantitative estimate of drug-likeness (QED) is 0.775. The van der Waals surface area contributed by atoms with Gasteiger partial charge in [0.05, 0.1) is 12.6 Å². The number of benzene rings is 1. The van der Waals surface area contributed by atoms with E-state index >= 15 is 0 Å². The zero-order valence-corrected chi connectivity index (χ0v) is 15.6. The predicted octanol–water partition coefficient (Wildman–Crippen LogP) is 1.27. The van der Waals surface area contributed by atoms with Crippen LogP contribution in [-0.4, -0.2) is 46.3 Å². The number of carbonyl (C=O) groups excluding carboxylic acids is 2. The summed E-state index contributed by atoms with van der Waals surface area (Å²) in [5, 5.41) is 12.5. The van der Waals surface area contributed by atoms with Crippen LogP contribution >= 0.6 is 0 Å². The highest BCUT2D eigenvalue weighted by Crippen LogP contribution is 2.36. The number of hydrogen-bond donors (Lipinski definition) is 2. The maximum Gasteiger partial charge on any atom is 0.276 e. The molecule has 1 aromatic carbocycles. The molecule has 0 bridgehead atoms. The molecule has 4 rings (SSSR count). The van der Waals surface area contributed by atoms with Gasteiger partial charge in [-0.25, -0.2) is 13.2 Å². The van der Waals surface area contributed by atoms with E-state index in [1.807, 2.05) is 0 Å². The maximum atomic E-state index is 13.8. The lowest BCUT2D eigenvalue weighted by atomic mass is 10.1. The van der Waals surface area contributed by atoms with E-state index in [0.717, 1.165) is 6.20 Å². The first-order chi connectivity index (χ1) is 14.2. The third kappa shape index (κ3) is 3.02. The van der Waals surface area contributed by atoms with Gasteiger partial charge in [-0.05, 0) is 6.42 Å². The minimum atomic E-state index is -1.20. The molecule has 8 nitrogen and oxygen atoms in total. The highest BCUT2D eigenvalue weighted by molar-refractivity contribution is 5.99. The Balaban J connectivity index is 1.68. The first-order valence-electron chi connectivity index (χ1n) is 8.99. The van der Waals surface area contributed by atoms with Crippen LogP contribution in [0.25, 0.3) is 0 Å². The molecule has 0 radical (unpaired) electrons. The second-order valence-corrected chi connectivity index (χ2v) is 7.04. The number of nitrogens with zero attached hydrogens (tertiary/aromatic N) is 2. The number of aromatic nitrogens is 1. The molecule has 0 spiro atoms. The summed E-state index contributed by atoms with van der Waals surface area (Å²) in [5.74, 6) is -6.06. The molecule has 11 heteroatoms. The van der Waals surface area contributed by atoms with Crippen molar-refractivity contribution in [1.29, 1.82) is 0 Å². The molecule has 2 aliphatic heterocycles. The summed E-state index contributed by atoms with van der Waals surface area (Å²) < 4.78 is 47.4. The molecule has 2 N–H and O–H groups in total. The Hall–Kier alpha value is -3.34. The Morgan fingerprint density at radius 3 is 2.60 bits per heavy atom. The Labute approximate surface area is 167 Å². The fraction of sp³-hybridized carbons (Fsp3) is 0.316. The average Bonchev–Trinajstić information content (AvgIpc) is 3.17. The van der Waals surface area contributed by atoms with Crippen molar-refractivity contribution in [1.82, 2.24) is 14.8 Å². The van der Waals surface area contributed by atoms with Gasteiger partial charge >= 0.3 is 0 Å². The number of halogens is 3. The van der Waals surface area contributed by atoms with Crippen LogP contribution < -0.4 is 10.7 Å². The van der Waals surface area contributed by atoms with Crippen LogP contribution in [0.5, 0.6) is 5.75 Å². The number of amides is 2. The molecule has 30 heavy (non-hydrogen) atoms. The van der Waals surface area contributed by atoms with Crippen molar-refractivity contribution in [2.24, 2.45) is 0 Å². The Morgan fingerprint density at radius 2 is 1.93 bits per heavy atom. The third-order valence-corrected chi connectivity index (χ3v) is 5.28. The van der Waals surface area contributed by atoms with E-state index < -0.39 is 70.4 Å². The number of carbonyl (C=O) groups is 2. The van der Waals surface area contributed by atoms with Crippen LogP contribution in [0.2, 0.25) is 0 Å². The number of fused-ring (bicyclic) bond motifs is 3. The molecular formula is C19H16F3N3O5. The van der Waals surface area contributed by atoms with E-state index in [-0.39, 0.29) is 5.69 Å². The van der Waals surface area contributed by atoms with Crippen LogP contribution in [0, 0.1) is 17.5 Å². The molecule has 2 amide bonds. The average molecular weight is 423 g/mol. The lowest BCUT2D eigenvalue weighted by Gasteiger charge is -2.36. The van der Waals surface area contributed by atoms with E-state index in [4.69, 9.17) is 4.74 Å². The molecule has 2 atom stereocenters. The molecule has 1 aromatic heterocycles. The first-order valence-corrected chi connectivity index (χ1v) is 8.99. The van der Waals surface area contributed by atoms with Gasteiger partial charge < -0.3 is 24.6 Å². The zero-order chi connectivity index (χ0) is 21.7. The van der Waals surface area contributed by atoms with E-state index in [1.165, 1.54) is 16.5 Å². The monoisotopic (exact) mass is 423 g/mol. The van der Waals surface area contributed by atoms with Crippen LogP contribution in [0.15, 0.2) is 23.1 Å². The minimum Gasteiger partial charge on any atom is -0.503 e. The summed E-state index contributed by atoms with van der Waals surface area (Å²) in [6.07, 6.45) is 0.983. The number of rotatable bonds is 3. The normalized spacial score (nSPS) is 20.1. The van der Waals surface area contributed by atoms with E-state index in [2.05, 4.69) is 5.32 Å². The summed E-state index contributed by atoms with van der Waals surface area (Å²) >= 11 is 0. The molecular weight excluding hydrogens is 407 g/mol. The van der Waals surface area contributed by atoms with Gasteiger partial charge in [0.25, 0.3) is 11.8 Å². The fourth-order valence-corrected chi connectivity index (χ4v) is 3.75. The topological polar surface area (TPSA) is 101 Å². The Bertz CT molecular complexity index is 1110. The Kier molecular flexibility index (Phi) is 4.77. The molecule has 0 saturated carbocycles. The molecule has 2 aromatic rings. The maximum absolute atomic E-state index is 13.8. The molecule has 1 fully saturated rings. The van der Waals surface area contributed by atoms with Crippen molar-refractivity contribution in [2.75, 3.05) is 13.7 Å². The number of ether oxygens (including phenoxy) is 1. The number of aromatic hydroxyl groups is 1. The lowest BCUT2D eigenvalue weighted by molar-refractivity contribution is -0.0238. The number of nitrogens with one attached hydrogen (secondary N) is 1.